The van der Waals surface area contributed by atoms with Crippen molar-refractivity contribution in [3.8, 4) is 0 Å². The number of carbonyl (C=O) groups is 1. The monoisotopic (exact) mass is 203 g/mol. The molecule has 1 amide bonds. The predicted octanol–water partition coefficient (Wildman–Crippen LogP) is 0.689. The molecule has 0 aromatic rings. The highest BCUT2D eigenvalue weighted by Crippen LogP contribution is 1.95. The summed E-state index contributed by atoms with van der Waals surface area (Å²) in [5.74, 6) is -0.165. The second-order valence-corrected chi connectivity index (χ2v) is 3.29. The molecule has 84 valence electrons. The highest BCUT2D eigenvalue weighted by molar-refractivity contribution is 5.80. The molecular weight excluding hydrogens is 182 g/mol. The van der Waals surface area contributed by atoms with Crippen molar-refractivity contribution in [2.45, 2.75) is 45.8 Å². The molecule has 0 heterocycles. The highest BCUT2D eigenvalue weighted by atomic mass is 16.5. The molecule has 0 aromatic heterocycles. The lowest BCUT2D eigenvalue weighted by Crippen LogP contribution is -2.38. The van der Waals surface area contributed by atoms with Crippen LogP contribution in [-0.2, 0) is 9.53 Å². The molecule has 0 radical (unpaired) electrons. The molecule has 14 heavy (non-hydrogen) atoms. The van der Waals surface area contributed by atoms with Gasteiger partial charge in [0.05, 0.1) is 6.10 Å². The number of aliphatic hydroxyl groups excluding tert-OH is 1. The molecule has 0 aromatic carbocycles. The number of rotatable bonds is 7. The highest BCUT2D eigenvalue weighted by Gasteiger charge is 2.13. The van der Waals surface area contributed by atoms with Crippen molar-refractivity contribution in [1.82, 2.24) is 5.32 Å². The van der Waals surface area contributed by atoms with Gasteiger partial charge in [-0.2, -0.15) is 0 Å². The van der Waals surface area contributed by atoms with Gasteiger partial charge in [-0.3, -0.25) is 4.79 Å². The van der Waals surface area contributed by atoms with Crippen LogP contribution in [0.3, 0.4) is 0 Å². The van der Waals surface area contributed by atoms with Gasteiger partial charge in [0.1, 0.15) is 6.10 Å². The first kappa shape index (κ1) is 13.4. The Bertz CT molecular complexity index is 161. The third-order valence-electron chi connectivity index (χ3n) is 1.92. The van der Waals surface area contributed by atoms with Crippen LogP contribution in [0.2, 0.25) is 0 Å². The number of hydrogen-bond donors (Lipinski definition) is 2. The van der Waals surface area contributed by atoms with Gasteiger partial charge in [0.15, 0.2) is 0 Å². The van der Waals surface area contributed by atoms with Gasteiger partial charge in [-0.05, 0) is 20.3 Å². The quantitative estimate of drug-likeness (QED) is 0.640. The molecule has 2 N–H and O–H groups in total. The number of aliphatic hydroxyl groups is 1. The summed E-state index contributed by atoms with van der Waals surface area (Å²) in [6.07, 6.45) is 0.744. The fourth-order valence-corrected chi connectivity index (χ4v) is 1.12. The van der Waals surface area contributed by atoms with Crippen molar-refractivity contribution in [3.05, 3.63) is 0 Å². The normalized spacial score (nSPS) is 14.9. The van der Waals surface area contributed by atoms with Gasteiger partial charge in [-0.1, -0.05) is 13.3 Å². The number of amides is 1. The Kier molecular flexibility index (Phi) is 7.42. The van der Waals surface area contributed by atoms with E-state index in [1.807, 2.05) is 13.8 Å². The number of hydrogen-bond acceptors (Lipinski definition) is 3. The number of nitrogens with one attached hydrogen (secondary N) is 1. The average Bonchev–Trinajstić information content (AvgIpc) is 2.15. The SMILES string of the molecule is CCCC(O)CNC(=O)C(C)OCC. The molecule has 0 aliphatic rings. The Hall–Kier alpha value is -0.610. The standard InChI is InChI=1S/C10H21NO3/c1-4-6-9(12)7-11-10(13)8(3)14-5-2/h8-9,12H,4-7H2,1-3H3,(H,11,13). The van der Waals surface area contributed by atoms with Gasteiger partial charge >= 0.3 is 0 Å². The summed E-state index contributed by atoms with van der Waals surface area (Å²) in [4.78, 5) is 11.3. The van der Waals surface area contributed by atoms with Crippen LogP contribution >= 0.6 is 0 Å². The van der Waals surface area contributed by atoms with E-state index in [0.29, 0.717) is 19.6 Å². The summed E-state index contributed by atoms with van der Waals surface area (Å²) < 4.78 is 5.10. The van der Waals surface area contributed by atoms with Crippen molar-refractivity contribution in [1.29, 1.82) is 0 Å². The predicted molar refractivity (Wildman–Crippen MR) is 55.0 cm³/mol. The largest absolute Gasteiger partial charge is 0.391 e. The van der Waals surface area contributed by atoms with Gasteiger partial charge in [-0.25, -0.2) is 0 Å². The Morgan fingerprint density at radius 1 is 1.50 bits per heavy atom. The molecular formula is C10H21NO3. The molecule has 0 spiro atoms. The molecule has 0 rings (SSSR count). The fraction of sp³-hybridized carbons (Fsp3) is 0.900. The van der Waals surface area contributed by atoms with E-state index in [-0.39, 0.29) is 5.91 Å². The van der Waals surface area contributed by atoms with Crippen molar-refractivity contribution in [2.75, 3.05) is 13.2 Å². The molecule has 4 nitrogen and oxygen atoms in total. The van der Waals surface area contributed by atoms with Crippen LogP contribution in [-0.4, -0.2) is 36.4 Å². The minimum absolute atomic E-state index is 0.165. The lowest BCUT2D eigenvalue weighted by atomic mass is 10.2. The first-order valence-electron chi connectivity index (χ1n) is 5.19. The number of carbonyl (C=O) groups excluding carboxylic acids is 1. The first-order valence-corrected chi connectivity index (χ1v) is 5.19. The second kappa shape index (κ2) is 7.76. The van der Waals surface area contributed by atoms with Crippen LogP contribution in [0, 0.1) is 0 Å². The molecule has 0 saturated heterocycles. The summed E-state index contributed by atoms with van der Waals surface area (Å²) in [7, 11) is 0. The number of ether oxygens (including phenoxy) is 1. The Morgan fingerprint density at radius 3 is 2.64 bits per heavy atom. The third kappa shape index (κ3) is 5.94. The zero-order chi connectivity index (χ0) is 11.0. The van der Waals surface area contributed by atoms with Gasteiger partial charge in [-0.15, -0.1) is 0 Å². The summed E-state index contributed by atoms with van der Waals surface area (Å²) in [5, 5.41) is 12.0. The van der Waals surface area contributed by atoms with Crippen molar-refractivity contribution in [3.63, 3.8) is 0 Å². The lowest BCUT2D eigenvalue weighted by Gasteiger charge is -2.14. The summed E-state index contributed by atoms with van der Waals surface area (Å²) in [6, 6.07) is 0. The molecule has 0 aliphatic heterocycles. The maximum atomic E-state index is 11.3. The van der Waals surface area contributed by atoms with Gasteiger partial charge < -0.3 is 15.2 Å². The Morgan fingerprint density at radius 2 is 2.14 bits per heavy atom. The molecule has 2 atom stereocenters. The van der Waals surface area contributed by atoms with Gasteiger partial charge in [0.25, 0.3) is 0 Å². The molecule has 0 aliphatic carbocycles. The van der Waals surface area contributed by atoms with Gasteiger partial charge in [0.2, 0.25) is 5.91 Å². The lowest BCUT2D eigenvalue weighted by molar-refractivity contribution is -0.131. The summed E-state index contributed by atoms with van der Waals surface area (Å²) in [5.41, 5.74) is 0. The van der Waals surface area contributed by atoms with E-state index in [1.165, 1.54) is 0 Å². The van der Waals surface area contributed by atoms with Crippen LogP contribution < -0.4 is 5.32 Å². The molecule has 0 bridgehead atoms. The van der Waals surface area contributed by atoms with Crippen LogP contribution in [0.5, 0.6) is 0 Å². The smallest absolute Gasteiger partial charge is 0.248 e. The van der Waals surface area contributed by atoms with E-state index in [1.54, 1.807) is 6.92 Å². The minimum atomic E-state index is -0.447. The van der Waals surface area contributed by atoms with E-state index < -0.39 is 12.2 Å². The topological polar surface area (TPSA) is 58.6 Å². The maximum Gasteiger partial charge on any atom is 0.248 e. The van der Waals surface area contributed by atoms with E-state index in [4.69, 9.17) is 4.74 Å². The van der Waals surface area contributed by atoms with Gasteiger partial charge in [0, 0.05) is 13.2 Å². The Balaban J connectivity index is 3.61. The molecule has 0 fully saturated rings. The zero-order valence-electron chi connectivity index (χ0n) is 9.25. The Labute approximate surface area is 85.6 Å². The van der Waals surface area contributed by atoms with E-state index >= 15 is 0 Å². The van der Waals surface area contributed by atoms with E-state index in [2.05, 4.69) is 5.32 Å². The average molecular weight is 203 g/mol. The second-order valence-electron chi connectivity index (χ2n) is 3.29. The first-order chi connectivity index (χ1) is 6.61. The van der Waals surface area contributed by atoms with Crippen LogP contribution in [0.1, 0.15) is 33.6 Å². The summed E-state index contributed by atoms with van der Waals surface area (Å²) in [6.45, 7) is 6.37. The minimum Gasteiger partial charge on any atom is -0.391 e. The molecule has 2 unspecified atom stereocenters. The summed E-state index contributed by atoms with van der Waals surface area (Å²) >= 11 is 0. The van der Waals surface area contributed by atoms with E-state index in [0.717, 1.165) is 6.42 Å². The van der Waals surface area contributed by atoms with Crippen LogP contribution in [0.4, 0.5) is 0 Å². The van der Waals surface area contributed by atoms with Crippen molar-refractivity contribution >= 4 is 5.91 Å². The third-order valence-corrected chi connectivity index (χ3v) is 1.92. The van der Waals surface area contributed by atoms with E-state index in [9.17, 15) is 9.90 Å². The fourth-order valence-electron chi connectivity index (χ4n) is 1.12. The van der Waals surface area contributed by atoms with Crippen LogP contribution in [0.15, 0.2) is 0 Å². The maximum absolute atomic E-state index is 11.3. The zero-order valence-corrected chi connectivity index (χ0v) is 9.25. The van der Waals surface area contributed by atoms with Crippen LogP contribution in [0.25, 0.3) is 0 Å². The van der Waals surface area contributed by atoms with Crippen molar-refractivity contribution < 1.29 is 14.6 Å². The molecule has 0 saturated carbocycles. The van der Waals surface area contributed by atoms with Crippen molar-refractivity contribution in [2.24, 2.45) is 0 Å². The molecule has 4 heteroatoms.